The lowest BCUT2D eigenvalue weighted by atomic mass is 10.00. The van der Waals surface area contributed by atoms with Crippen molar-refractivity contribution in [1.29, 1.82) is 0 Å². The molecule has 0 fully saturated rings. The molecule has 0 bridgehead atoms. The maximum atomic E-state index is 6.04. The third kappa shape index (κ3) is 4.79. The van der Waals surface area contributed by atoms with Gasteiger partial charge in [-0.1, -0.05) is 32.5 Å². The van der Waals surface area contributed by atoms with Crippen molar-refractivity contribution in [2.75, 3.05) is 6.54 Å². The van der Waals surface area contributed by atoms with Gasteiger partial charge in [0.25, 0.3) is 0 Å². The SMILES string of the molecule is CCC(C)[C@H](N)C(=S)NCCc1ccncc1. The van der Waals surface area contributed by atoms with Crippen LogP contribution in [0.5, 0.6) is 0 Å². The lowest BCUT2D eigenvalue weighted by Gasteiger charge is -2.20. The van der Waals surface area contributed by atoms with Crippen molar-refractivity contribution in [2.45, 2.75) is 32.7 Å². The minimum Gasteiger partial charge on any atom is -0.378 e. The molecule has 0 aliphatic rings. The number of hydrogen-bond donors (Lipinski definition) is 2. The molecule has 1 heterocycles. The van der Waals surface area contributed by atoms with E-state index in [-0.39, 0.29) is 6.04 Å². The number of nitrogens with one attached hydrogen (secondary N) is 1. The molecule has 0 aliphatic carbocycles. The summed E-state index contributed by atoms with van der Waals surface area (Å²) in [5, 5.41) is 3.23. The van der Waals surface area contributed by atoms with Crippen LogP contribution in [0, 0.1) is 5.92 Å². The average Bonchev–Trinajstić information content (AvgIpc) is 2.38. The molecule has 0 saturated carbocycles. The van der Waals surface area contributed by atoms with Crippen LogP contribution >= 0.6 is 12.2 Å². The number of hydrogen-bond acceptors (Lipinski definition) is 3. The first-order valence-corrected chi connectivity index (χ1v) is 6.48. The molecule has 0 aliphatic heterocycles. The van der Waals surface area contributed by atoms with Crippen LogP contribution in [0.15, 0.2) is 24.5 Å². The normalized spacial score (nSPS) is 14.1. The molecule has 0 radical (unpaired) electrons. The van der Waals surface area contributed by atoms with E-state index in [1.54, 1.807) is 12.4 Å². The minimum absolute atomic E-state index is 0.0348. The van der Waals surface area contributed by atoms with Crippen LogP contribution in [-0.2, 0) is 6.42 Å². The second-order valence-corrected chi connectivity index (χ2v) is 4.75. The van der Waals surface area contributed by atoms with Gasteiger partial charge in [0.1, 0.15) is 0 Å². The van der Waals surface area contributed by atoms with Gasteiger partial charge in [0.15, 0.2) is 0 Å². The van der Waals surface area contributed by atoms with E-state index < -0.39 is 0 Å². The van der Waals surface area contributed by atoms with Crippen LogP contribution in [0.3, 0.4) is 0 Å². The number of thiocarbonyl (C=S) groups is 1. The summed E-state index contributed by atoms with van der Waals surface area (Å²) in [6, 6.07) is 3.99. The number of pyridine rings is 1. The van der Waals surface area contributed by atoms with Crippen molar-refractivity contribution in [3.05, 3.63) is 30.1 Å². The predicted molar refractivity (Wildman–Crippen MR) is 76.0 cm³/mol. The van der Waals surface area contributed by atoms with Crippen molar-refractivity contribution in [1.82, 2.24) is 10.3 Å². The van der Waals surface area contributed by atoms with E-state index in [9.17, 15) is 0 Å². The number of nitrogens with zero attached hydrogens (tertiary/aromatic N) is 1. The van der Waals surface area contributed by atoms with Crippen molar-refractivity contribution in [2.24, 2.45) is 11.7 Å². The molecular weight excluding hydrogens is 230 g/mol. The molecule has 4 heteroatoms. The van der Waals surface area contributed by atoms with Gasteiger partial charge >= 0.3 is 0 Å². The Morgan fingerprint density at radius 2 is 2.12 bits per heavy atom. The Morgan fingerprint density at radius 3 is 2.71 bits per heavy atom. The fourth-order valence-electron chi connectivity index (χ4n) is 1.51. The highest BCUT2D eigenvalue weighted by Crippen LogP contribution is 2.06. The quantitative estimate of drug-likeness (QED) is 0.758. The van der Waals surface area contributed by atoms with Gasteiger partial charge in [-0.2, -0.15) is 0 Å². The van der Waals surface area contributed by atoms with Crippen LogP contribution in [0.2, 0.25) is 0 Å². The first kappa shape index (κ1) is 14.1. The van der Waals surface area contributed by atoms with E-state index in [1.165, 1.54) is 5.56 Å². The third-order valence-electron chi connectivity index (χ3n) is 3.02. The van der Waals surface area contributed by atoms with E-state index in [1.807, 2.05) is 12.1 Å². The highest BCUT2D eigenvalue weighted by Gasteiger charge is 2.14. The molecule has 0 saturated heterocycles. The summed E-state index contributed by atoms with van der Waals surface area (Å²) in [6.07, 6.45) is 5.60. The fraction of sp³-hybridized carbons (Fsp3) is 0.538. The summed E-state index contributed by atoms with van der Waals surface area (Å²) in [7, 11) is 0. The Kier molecular flexibility index (Phi) is 6.08. The molecule has 1 aromatic heterocycles. The van der Waals surface area contributed by atoms with Crippen LogP contribution in [0.1, 0.15) is 25.8 Å². The van der Waals surface area contributed by atoms with Crippen molar-refractivity contribution < 1.29 is 0 Å². The summed E-state index contributed by atoms with van der Waals surface area (Å²) in [4.78, 5) is 4.76. The smallest absolute Gasteiger partial charge is 0.0926 e. The van der Waals surface area contributed by atoms with E-state index in [0.717, 1.165) is 24.4 Å². The van der Waals surface area contributed by atoms with E-state index in [2.05, 4.69) is 24.1 Å². The molecule has 0 amide bonds. The predicted octanol–water partition coefficient (Wildman–Crippen LogP) is 1.91. The van der Waals surface area contributed by atoms with Gasteiger partial charge in [-0.05, 0) is 30.0 Å². The Labute approximate surface area is 109 Å². The fourth-order valence-corrected chi connectivity index (χ4v) is 1.84. The molecule has 3 nitrogen and oxygen atoms in total. The zero-order chi connectivity index (χ0) is 12.7. The topological polar surface area (TPSA) is 50.9 Å². The van der Waals surface area contributed by atoms with Crippen LogP contribution in [0.25, 0.3) is 0 Å². The summed E-state index contributed by atoms with van der Waals surface area (Å²) in [5.41, 5.74) is 7.29. The summed E-state index contributed by atoms with van der Waals surface area (Å²) in [6.45, 7) is 5.08. The summed E-state index contributed by atoms with van der Waals surface area (Å²) >= 11 is 5.29. The van der Waals surface area contributed by atoms with E-state index >= 15 is 0 Å². The second-order valence-electron chi connectivity index (χ2n) is 4.31. The second kappa shape index (κ2) is 7.35. The highest BCUT2D eigenvalue weighted by atomic mass is 32.1. The first-order chi connectivity index (χ1) is 8.15. The van der Waals surface area contributed by atoms with Crippen molar-refractivity contribution in [3.63, 3.8) is 0 Å². The van der Waals surface area contributed by atoms with Crippen LogP contribution in [0.4, 0.5) is 0 Å². The molecule has 17 heavy (non-hydrogen) atoms. The number of rotatable bonds is 6. The van der Waals surface area contributed by atoms with E-state index in [4.69, 9.17) is 18.0 Å². The molecule has 1 rings (SSSR count). The lowest BCUT2D eigenvalue weighted by molar-refractivity contribution is 0.517. The van der Waals surface area contributed by atoms with Gasteiger partial charge in [0.05, 0.1) is 11.0 Å². The minimum atomic E-state index is -0.0348. The van der Waals surface area contributed by atoms with E-state index in [0.29, 0.717) is 5.92 Å². The zero-order valence-electron chi connectivity index (χ0n) is 10.5. The Hall–Kier alpha value is -1.00. The largest absolute Gasteiger partial charge is 0.378 e. The van der Waals surface area contributed by atoms with Gasteiger partial charge in [-0.15, -0.1) is 0 Å². The van der Waals surface area contributed by atoms with Gasteiger partial charge in [0, 0.05) is 18.9 Å². The molecule has 0 spiro atoms. The Balaban J connectivity index is 2.29. The van der Waals surface area contributed by atoms with Gasteiger partial charge in [-0.3, -0.25) is 4.98 Å². The number of nitrogens with two attached hydrogens (primary N) is 1. The molecule has 1 unspecified atom stereocenters. The maximum absolute atomic E-state index is 6.04. The molecule has 1 aromatic rings. The Morgan fingerprint density at radius 1 is 1.47 bits per heavy atom. The summed E-state index contributed by atoms with van der Waals surface area (Å²) < 4.78 is 0. The van der Waals surface area contributed by atoms with Gasteiger partial charge in [0.2, 0.25) is 0 Å². The molecule has 3 N–H and O–H groups in total. The lowest BCUT2D eigenvalue weighted by Crippen LogP contribution is -2.43. The monoisotopic (exact) mass is 251 g/mol. The first-order valence-electron chi connectivity index (χ1n) is 6.07. The Bertz CT molecular complexity index is 340. The zero-order valence-corrected chi connectivity index (χ0v) is 11.3. The van der Waals surface area contributed by atoms with Gasteiger partial charge < -0.3 is 11.1 Å². The van der Waals surface area contributed by atoms with Crippen LogP contribution in [-0.4, -0.2) is 22.6 Å². The molecule has 0 aromatic carbocycles. The molecular formula is C13H21N3S. The summed E-state index contributed by atoms with van der Waals surface area (Å²) in [5.74, 6) is 0.427. The standard InChI is InChI=1S/C13H21N3S/c1-3-10(2)12(14)13(17)16-9-6-11-4-7-15-8-5-11/h4-5,7-8,10,12H,3,6,9,14H2,1-2H3,(H,16,17)/t10?,12-/m0/s1. The van der Waals surface area contributed by atoms with Gasteiger partial charge in [-0.25, -0.2) is 0 Å². The van der Waals surface area contributed by atoms with Crippen molar-refractivity contribution in [3.8, 4) is 0 Å². The van der Waals surface area contributed by atoms with Crippen LogP contribution < -0.4 is 11.1 Å². The van der Waals surface area contributed by atoms with Crippen molar-refractivity contribution >= 4 is 17.2 Å². The third-order valence-corrected chi connectivity index (χ3v) is 3.44. The maximum Gasteiger partial charge on any atom is 0.0926 e. The molecule has 94 valence electrons. The number of aromatic nitrogens is 1. The molecule has 2 atom stereocenters. The average molecular weight is 251 g/mol. The highest BCUT2D eigenvalue weighted by molar-refractivity contribution is 7.80.